The molecule has 3 rings (SSSR count). The highest BCUT2D eigenvalue weighted by molar-refractivity contribution is 9.08. The molecule has 5 heteroatoms. The van der Waals surface area contributed by atoms with Crippen LogP contribution < -0.4 is 4.90 Å². The molecule has 3 nitrogen and oxygen atoms in total. The van der Waals surface area contributed by atoms with Gasteiger partial charge in [0, 0.05) is 30.0 Å². The Morgan fingerprint density at radius 3 is 3.06 bits per heavy atom. The van der Waals surface area contributed by atoms with Crippen LogP contribution in [0.25, 0.3) is 4.96 Å². The second-order valence-electron chi connectivity index (χ2n) is 4.55. The Morgan fingerprint density at radius 1 is 1.59 bits per heavy atom. The molecule has 0 unspecified atom stereocenters. The SMILES string of the molecule is CCN(CC1CC1)c1nc2sccn2c1CBr. The molecule has 2 aromatic rings. The Labute approximate surface area is 114 Å². The third-order valence-corrected chi connectivity index (χ3v) is 4.61. The van der Waals surface area contributed by atoms with E-state index in [0.717, 1.165) is 22.8 Å². The summed E-state index contributed by atoms with van der Waals surface area (Å²) in [4.78, 5) is 8.30. The zero-order valence-electron chi connectivity index (χ0n) is 9.90. The molecule has 0 N–H and O–H groups in total. The monoisotopic (exact) mass is 313 g/mol. The van der Waals surface area contributed by atoms with Crippen molar-refractivity contribution in [3.63, 3.8) is 0 Å². The lowest BCUT2D eigenvalue weighted by Gasteiger charge is -2.21. The summed E-state index contributed by atoms with van der Waals surface area (Å²) in [5.74, 6) is 2.07. The summed E-state index contributed by atoms with van der Waals surface area (Å²) in [7, 11) is 0. The van der Waals surface area contributed by atoms with Gasteiger partial charge < -0.3 is 4.90 Å². The van der Waals surface area contributed by atoms with Crippen LogP contribution in [0.5, 0.6) is 0 Å². The summed E-state index contributed by atoms with van der Waals surface area (Å²) in [5.41, 5.74) is 1.28. The fraction of sp³-hybridized carbons (Fsp3) is 0.583. The summed E-state index contributed by atoms with van der Waals surface area (Å²) in [6.45, 7) is 4.43. The van der Waals surface area contributed by atoms with Gasteiger partial charge in [0.05, 0.1) is 5.69 Å². The van der Waals surface area contributed by atoms with E-state index in [9.17, 15) is 0 Å². The molecule has 0 amide bonds. The van der Waals surface area contributed by atoms with Gasteiger partial charge in [0.1, 0.15) is 0 Å². The Morgan fingerprint density at radius 2 is 2.41 bits per heavy atom. The molecule has 0 radical (unpaired) electrons. The van der Waals surface area contributed by atoms with Gasteiger partial charge in [0.2, 0.25) is 0 Å². The minimum Gasteiger partial charge on any atom is -0.355 e. The first-order valence-electron chi connectivity index (χ1n) is 6.08. The van der Waals surface area contributed by atoms with Gasteiger partial charge in [-0.3, -0.25) is 4.40 Å². The molecule has 0 saturated heterocycles. The van der Waals surface area contributed by atoms with Gasteiger partial charge >= 0.3 is 0 Å². The molecule has 2 aromatic heterocycles. The third-order valence-electron chi connectivity index (χ3n) is 3.32. The first kappa shape index (κ1) is 11.5. The van der Waals surface area contributed by atoms with Crippen molar-refractivity contribution in [2.45, 2.75) is 25.1 Å². The van der Waals surface area contributed by atoms with Gasteiger partial charge in [-0.05, 0) is 25.7 Å². The molecule has 1 saturated carbocycles. The van der Waals surface area contributed by atoms with Crippen LogP contribution >= 0.6 is 27.3 Å². The molecule has 1 aliphatic carbocycles. The normalized spacial score (nSPS) is 15.6. The van der Waals surface area contributed by atoms with Crippen molar-refractivity contribution in [3.05, 3.63) is 17.3 Å². The fourth-order valence-electron chi connectivity index (χ4n) is 2.18. The van der Waals surface area contributed by atoms with E-state index < -0.39 is 0 Å². The number of rotatable bonds is 5. The maximum absolute atomic E-state index is 4.77. The second kappa shape index (κ2) is 4.61. The highest BCUT2D eigenvalue weighted by Gasteiger charge is 2.26. The van der Waals surface area contributed by atoms with Crippen molar-refractivity contribution in [3.8, 4) is 0 Å². The number of anilines is 1. The van der Waals surface area contributed by atoms with Gasteiger partial charge in [-0.1, -0.05) is 15.9 Å². The first-order chi connectivity index (χ1) is 8.33. The van der Waals surface area contributed by atoms with Gasteiger partial charge in [0.25, 0.3) is 0 Å². The quantitative estimate of drug-likeness (QED) is 0.787. The van der Waals surface area contributed by atoms with Gasteiger partial charge in [0.15, 0.2) is 10.8 Å². The van der Waals surface area contributed by atoms with Crippen LogP contribution in [0.15, 0.2) is 11.6 Å². The van der Waals surface area contributed by atoms with E-state index in [2.05, 4.69) is 43.7 Å². The predicted molar refractivity (Wildman–Crippen MR) is 76.3 cm³/mol. The van der Waals surface area contributed by atoms with E-state index in [1.54, 1.807) is 11.3 Å². The minimum atomic E-state index is 0.862. The summed E-state index contributed by atoms with van der Waals surface area (Å²) < 4.78 is 2.20. The van der Waals surface area contributed by atoms with Crippen molar-refractivity contribution < 1.29 is 0 Å². The first-order valence-corrected chi connectivity index (χ1v) is 8.09. The number of thiazole rings is 1. The molecule has 0 bridgehead atoms. The zero-order chi connectivity index (χ0) is 11.8. The van der Waals surface area contributed by atoms with Crippen LogP contribution in [-0.2, 0) is 5.33 Å². The summed E-state index contributed by atoms with van der Waals surface area (Å²) in [6.07, 6.45) is 4.89. The van der Waals surface area contributed by atoms with E-state index in [1.165, 1.54) is 30.9 Å². The lowest BCUT2D eigenvalue weighted by atomic mass is 10.3. The minimum absolute atomic E-state index is 0.862. The van der Waals surface area contributed by atoms with Crippen molar-refractivity contribution in [1.82, 2.24) is 9.38 Å². The van der Waals surface area contributed by atoms with Gasteiger partial charge in [-0.2, -0.15) is 0 Å². The van der Waals surface area contributed by atoms with Crippen LogP contribution in [0.3, 0.4) is 0 Å². The molecular weight excluding hydrogens is 298 g/mol. The number of alkyl halides is 1. The lowest BCUT2D eigenvalue weighted by molar-refractivity contribution is 0.731. The fourth-order valence-corrected chi connectivity index (χ4v) is 3.43. The molecule has 2 heterocycles. The van der Waals surface area contributed by atoms with Crippen LogP contribution in [0.4, 0.5) is 5.82 Å². The van der Waals surface area contributed by atoms with Crippen LogP contribution in [-0.4, -0.2) is 22.5 Å². The molecule has 17 heavy (non-hydrogen) atoms. The maximum atomic E-state index is 4.77. The molecule has 0 aliphatic heterocycles. The average Bonchev–Trinajstić information content (AvgIpc) is 2.92. The number of fused-ring (bicyclic) bond motifs is 1. The highest BCUT2D eigenvalue weighted by atomic mass is 79.9. The standard InChI is InChI=1S/C12H16BrN3S/c1-2-15(8-9-3-4-9)11-10(7-13)16-5-6-17-12(16)14-11/h5-6,9H,2-4,7-8H2,1H3. The smallest absolute Gasteiger partial charge is 0.195 e. The molecule has 92 valence electrons. The highest BCUT2D eigenvalue weighted by Crippen LogP contribution is 2.33. The third kappa shape index (κ3) is 2.10. The van der Waals surface area contributed by atoms with E-state index in [0.29, 0.717) is 0 Å². The molecule has 0 atom stereocenters. The van der Waals surface area contributed by atoms with E-state index in [-0.39, 0.29) is 0 Å². The van der Waals surface area contributed by atoms with Crippen molar-refractivity contribution in [1.29, 1.82) is 0 Å². The Bertz CT molecular complexity index is 515. The Balaban J connectivity index is 1.97. The van der Waals surface area contributed by atoms with Gasteiger partial charge in [-0.25, -0.2) is 4.98 Å². The number of imidazole rings is 1. The zero-order valence-corrected chi connectivity index (χ0v) is 12.3. The van der Waals surface area contributed by atoms with Crippen LogP contribution in [0.2, 0.25) is 0 Å². The summed E-state index contributed by atoms with van der Waals surface area (Å²) in [5, 5.41) is 2.96. The number of aromatic nitrogens is 2. The predicted octanol–water partition coefficient (Wildman–Crippen LogP) is 3.53. The topological polar surface area (TPSA) is 20.5 Å². The summed E-state index contributed by atoms with van der Waals surface area (Å²) in [6, 6.07) is 0. The Kier molecular flexibility index (Phi) is 3.13. The molecule has 0 aromatic carbocycles. The van der Waals surface area contributed by atoms with Crippen molar-refractivity contribution >= 4 is 38.0 Å². The molecular formula is C12H16BrN3S. The molecule has 1 aliphatic rings. The van der Waals surface area contributed by atoms with Crippen molar-refractivity contribution in [2.24, 2.45) is 5.92 Å². The number of halogens is 1. The van der Waals surface area contributed by atoms with Gasteiger partial charge in [-0.15, -0.1) is 11.3 Å². The van der Waals surface area contributed by atoms with E-state index in [4.69, 9.17) is 4.98 Å². The Hall–Kier alpha value is -0.550. The lowest BCUT2D eigenvalue weighted by Crippen LogP contribution is -2.26. The average molecular weight is 314 g/mol. The van der Waals surface area contributed by atoms with E-state index in [1.807, 2.05) is 0 Å². The van der Waals surface area contributed by atoms with E-state index >= 15 is 0 Å². The van der Waals surface area contributed by atoms with Crippen molar-refractivity contribution in [2.75, 3.05) is 18.0 Å². The number of hydrogen-bond donors (Lipinski definition) is 0. The maximum Gasteiger partial charge on any atom is 0.195 e. The number of hydrogen-bond acceptors (Lipinski definition) is 3. The largest absolute Gasteiger partial charge is 0.355 e. The summed E-state index contributed by atoms with van der Waals surface area (Å²) >= 11 is 5.29. The van der Waals surface area contributed by atoms with Crippen LogP contribution in [0, 0.1) is 5.92 Å². The van der Waals surface area contributed by atoms with Crippen LogP contribution in [0.1, 0.15) is 25.5 Å². The second-order valence-corrected chi connectivity index (χ2v) is 5.99. The number of nitrogens with zero attached hydrogens (tertiary/aromatic N) is 3. The molecule has 0 spiro atoms. The molecule has 1 fully saturated rings.